The molecule has 1 unspecified atom stereocenters. The van der Waals surface area contributed by atoms with E-state index in [1.165, 1.54) is 30.3 Å². The Morgan fingerprint density at radius 2 is 1.56 bits per heavy atom. The average Bonchev–Trinajstić information content (AvgIpc) is 2.94. The number of alkyl halides is 6. The van der Waals surface area contributed by atoms with Gasteiger partial charge in [0.25, 0.3) is 5.91 Å². The molecule has 0 spiro atoms. The number of carbonyl (C=O) groups is 2. The van der Waals surface area contributed by atoms with Crippen molar-refractivity contribution >= 4 is 32.7 Å². The van der Waals surface area contributed by atoms with Gasteiger partial charge in [0.1, 0.15) is 0 Å². The number of halogens is 6. The van der Waals surface area contributed by atoms with E-state index in [2.05, 4.69) is 15.0 Å². The van der Waals surface area contributed by atoms with Crippen LogP contribution < -0.4 is 10.0 Å². The summed E-state index contributed by atoms with van der Waals surface area (Å²) >= 11 is 0. The molecule has 0 saturated carbocycles. The van der Waals surface area contributed by atoms with Crippen LogP contribution in [0.15, 0.2) is 60.7 Å². The minimum atomic E-state index is -5.01. The van der Waals surface area contributed by atoms with Crippen LogP contribution in [0.4, 0.5) is 26.3 Å². The number of sulfonamides is 1. The monoisotopic (exact) mass is 627 g/mol. The second-order valence-corrected chi connectivity index (χ2v) is 12.0. The highest BCUT2D eigenvalue weighted by Crippen LogP contribution is 2.38. The van der Waals surface area contributed by atoms with E-state index < -0.39 is 57.3 Å². The molecule has 7 nitrogen and oxygen atoms in total. The maximum absolute atomic E-state index is 13.3. The fourth-order valence-electron chi connectivity index (χ4n) is 4.66. The van der Waals surface area contributed by atoms with E-state index in [-0.39, 0.29) is 47.0 Å². The Kier molecular flexibility index (Phi) is 9.19. The van der Waals surface area contributed by atoms with Crippen molar-refractivity contribution in [3.8, 4) is 11.3 Å². The molecular formula is C29H27F6N3O4S. The number of fused-ring (bicyclic) bond motifs is 1. The summed E-state index contributed by atoms with van der Waals surface area (Å²) in [5, 5.41) is 3.15. The fraction of sp³-hybridized carbons (Fsp3) is 0.345. The smallest absolute Gasteiger partial charge is 0.348 e. The molecule has 2 N–H and O–H groups in total. The second-order valence-electron chi connectivity index (χ2n) is 10.2. The van der Waals surface area contributed by atoms with Crippen LogP contribution in [0.1, 0.15) is 54.1 Å². The number of amides is 2. The molecule has 14 heteroatoms. The molecule has 2 aromatic carbocycles. The fourth-order valence-corrected chi connectivity index (χ4v) is 5.89. The molecule has 0 aliphatic heterocycles. The van der Waals surface area contributed by atoms with Crippen LogP contribution >= 0.6 is 0 Å². The number of rotatable bonds is 8. The van der Waals surface area contributed by atoms with Crippen molar-refractivity contribution in [3.05, 3.63) is 77.4 Å². The van der Waals surface area contributed by atoms with E-state index in [4.69, 9.17) is 0 Å². The van der Waals surface area contributed by atoms with Crippen molar-refractivity contribution in [1.82, 2.24) is 15.0 Å². The van der Waals surface area contributed by atoms with Crippen molar-refractivity contribution in [2.45, 2.75) is 51.0 Å². The molecule has 1 heterocycles. The van der Waals surface area contributed by atoms with Gasteiger partial charge in [-0.05, 0) is 61.7 Å². The number of allylic oxidation sites excluding steroid dienone is 1. The zero-order chi connectivity index (χ0) is 31.6. The minimum absolute atomic E-state index is 0.0388. The van der Waals surface area contributed by atoms with E-state index in [1.54, 1.807) is 12.2 Å². The van der Waals surface area contributed by atoms with Gasteiger partial charge in [-0.1, -0.05) is 31.6 Å². The number of hydrogen-bond acceptors (Lipinski definition) is 5. The molecule has 1 aliphatic carbocycles. The van der Waals surface area contributed by atoms with Crippen LogP contribution in [0.3, 0.4) is 0 Å². The summed E-state index contributed by atoms with van der Waals surface area (Å²) in [5.41, 5.74) is -3.06. The predicted molar refractivity (Wildman–Crippen MR) is 147 cm³/mol. The van der Waals surface area contributed by atoms with Crippen molar-refractivity contribution in [2.24, 2.45) is 5.92 Å². The molecular weight excluding hydrogens is 600 g/mol. The van der Waals surface area contributed by atoms with E-state index >= 15 is 0 Å². The van der Waals surface area contributed by atoms with Crippen LogP contribution in [0.5, 0.6) is 0 Å². The number of unbranched alkanes of at least 4 members (excludes halogenated alkanes) is 1. The second kappa shape index (κ2) is 12.3. The highest BCUT2D eigenvalue weighted by atomic mass is 32.2. The Bertz CT molecular complexity index is 1640. The van der Waals surface area contributed by atoms with Gasteiger partial charge in [0, 0.05) is 22.6 Å². The highest BCUT2D eigenvalue weighted by Gasteiger charge is 2.37. The third-order valence-corrected chi connectivity index (χ3v) is 8.28. The summed E-state index contributed by atoms with van der Waals surface area (Å²) in [4.78, 5) is 30.1. The molecule has 4 rings (SSSR count). The normalized spacial score (nSPS) is 17.6. The third-order valence-electron chi connectivity index (χ3n) is 6.94. The van der Waals surface area contributed by atoms with Crippen molar-refractivity contribution in [2.75, 3.05) is 5.75 Å². The largest absolute Gasteiger partial charge is 0.416 e. The first-order valence-corrected chi connectivity index (χ1v) is 14.9. The maximum Gasteiger partial charge on any atom is 0.416 e. The van der Waals surface area contributed by atoms with Gasteiger partial charge in [0.2, 0.25) is 15.9 Å². The van der Waals surface area contributed by atoms with Crippen molar-refractivity contribution < 1.29 is 44.3 Å². The number of carbonyl (C=O) groups excluding carboxylic acids is 2. The highest BCUT2D eigenvalue weighted by molar-refractivity contribution is 7.90. The van der Waals surface area contributed by atoms with Crippen molar-refractivity contribution in [1.29, 1.82) is 0 Å². The molecule has 230 valence electrons. The van der Waals surface area contributed by atoms with Gasteiger partial charge in [0.15, 0.2) is 0 Å². The van der Waals surface area contributed by atoms with E-state index in [1.807, 2.05) is 6.92 Å². The number of aromatic nitrogens is 1. The SMILES string of the molecule is CCCCS(=O)(=O)NC(=O)C1CC=CC[C@@H]1NC(=O)c1ccc2nc(-c3cc(C(F)(F)F)cc(C(F)(F)F)c3)ccc2c1. The summed E-state index contributed by atoms with van der Waals surface area (Å²) in [6, 6.07) is 7.42. The molecule has 2 atom stereocenters. The molecule has 1 aliphatic rings. The molecule has 43 heavy (non-hydrogen) atoms. The molecule has 0 fully saturated rings. The topological polar surface area (TPSA) is 105 Å². The Morgan fingerprint density at radius 1 is 0.907 bits per heavy atom. The zero-order valence-electron chi connectivity index (χ0n) is 22.7. The van der Waals surface area contributed by atoms with Crippen LogP contribution in [0.25, 0.3) is 22.2 Å². The van der Waals surface area contributed by atoms with Gasteiger partial charge >= 0.3 is 12.4 Å². The molecule has 0 saturated heterocycles. The molecule has 0 bridgehead atoms. The lowest BCUT2D eigenvalue weighted by Gasteiger charge is -2.28. The van der Waals surface area contributed by atoms with Gasteiger partial charge in [-0.25, -0.2) is 13.4 Å². The van der Waals surface area contributed by atoms with Crippen molar-refractivity contribution in [3.63, 3.8) is 0 Å². The van der Waals surface area contributed by atoms with E-state index in [0.29, 0.717) is 30.4 Å². The number of pyridine rings is 1. The van der Waals surface area contributed by atoms with E-state index in [0.717, 1.165) is 0 Å². The Morgan fingerprint density at radius 3 is 2.19 bits per heavy atom. The van der Waals surface area contributed by atoms with Gasteiger partial charge < -0.3 is 5.32 Å². The molecule has 1 aromatic heterocycles. The molecule has 2 amide bonds. The lowest BCUT2D eigenvalue weighted by atomic mass is 9.88. The number of benzene rings is 2. The summed E-state index contributed by atoms with van der Waals surface area (Å²) in [6.07, 6.45) is -4.99. The average molecular weight is 628 g/mol. The van der Waals surface area contributed by atoms with Crippen LogP contribution in [0, 0.1) is 5.92 Å². The van der Waals surface area contributed by atoms with Gasteiger partial charge in [-0.15, -0.1) is 0 Å². The quantitative estimate of drug-likeness (QED) is 0.227. The van der Waals surface area contributed by atoms with Crippen LogP contribution in [-0.4, -0.2) is 37.0 Å². The Balaban J connectivity index is 1.55. The van der Waals surface area contributed by atoms with Gasteiger partial charge in [-0.2, -0.15) is 26.3 Å². The standard InChI is InChI=1S/C29H27F6N3O4S/c1-2-3-12-43(41,42)38-27(40)22-6-4-5-7-25(22)37-26(39)18-9-11-23-17(13-18)8-10-24(36-23)19-14-20(28(30,31)32)16-21(15-19)29(33,34)35/h4-5,8-11,13-16,22,25H,2-3,6-7,12H2,1H3,(H,37,39)(H,38,40)/t22?,25-/m0/s1. The van der Waals surface area contributed by atoms with Crippen LogP contribution in [0.2, 0.25) is 0 Å². The van der Waals surface area contributed by atoms with Crippen LogP contribution in [-0.2, 0) is 27.2 Å². The minimum Gasteiger partial charge on any atom is -0.348 e. The zero-order valence-corrected chi connectivity index (χ0v) is 23.5. The summed E-state index contributed by atoms with van der Waals surface area (Å²) in [5.74, 6) is -2.31. The summed E-state index contributed by atoms with van der Waals surface area (Å²) < 4.78 is 106. The maximum atomic E-state index is 13.3. The predicted octanol–water partition coefficient (Wildman–Crippen LogP) is 6.25. The lowest BCUT2D eigenvalue weighted by Crippen LogP contribution is -2.49. The number of nitrogens with zero attached hydrogens (tertiary/aromatic N) is 1. The summed E-state index contributed by atoms with van der Waals surface area (Å²) in [7, 11) is -3.82. The third kappa shape index (κ3) is 7.92. The first-order chi connectivity index (χ1) is 20.1. The first kappa shape index (κ1) is 32.0. The van der Waals surface area contributed by atoms with Gasteiger partial charge in [-0.3, -0.25) is 14.3 Å². The Labute approximate surface area is 243 Å². The molecule has 0 radical (unpaired) electrons. The summed E-state index contributed by atoms with van der Waals surface area (Å²) in [6.45, 7) is 1.82. The number of nitrogens with one attached hydrogen (secondary N) is 2. The Hall–Kier alpha value is -3.94. The van der Waals surface area contributed by atoms with E-state index in [9.17, 15) is 44.3 Å². The lowest BCUT2D eigenvalue weighted by molar-refractivity contribution is -0.143. The first-order valence-electron chi connectivity index (χ1n) is 13.3. The molecule has 3 aromatic rings. The van der Waals surface area contributed by atoms with Gasteiger partial charge in [0.05, 0.1) is 34.0 Å². The number of hydrogen-bond donors (Lipinski definition) is 2.